The molecular weight excluding hydrogens is 190 g/mol. The van der Waals surface area contributed by atoms with E-state index in [9.17, 15) is 4.79 Å². The topological polar surface area (TPSA) is 45.2 Å². The number of carbonyl (C=O) groups is 1. The maximum absolute atomic E-state index is 11.5. The molecule has 0 aliphatic carbocycles. The van der Waals surface area contributed by atoms with Gasteiger partial charge >= 0.3 is 0 Å². The maximum atomic E-state index is 11.5. The molecule has 0 aromatic carbocycles. The first-order chi connectivity index (χ1) is 7.09. The lowest BCUT2D eigenvalue weighted by atomic mass is 10.1. The molecule has 0 unspecified atom stereocenters. The Bertz CT molecular complexity index is 401. The van der Waals surface area contributed by atoms with E-state index < -0.39 is 0 Å². The van der Waals surface area contributed by atoms with Crippen molar-refractivity contribution < 1.29 is 4.79 Å². The zero-order chi connectivity index (χ0) is 11.0. The predicted octanol–water partition coefficient (Wildman–Crippen LogP) is 1.17. The Morgan fingerprint density at radius 3 is 2.93 bits per heavy atom. The average molecular weight is 205 g/mol. The van der Waals surface area contributed by atoms with Gasteiger partial charge in [-0.25, -0.2) is 4.98 Å². The molecule has 1 aromatic heterocycles. The van der Waals surface area contributed by atoms with Crippen LogP contribution in [0.4, 0.5) is 5.82 Å². The van der Waals surface area contributed by atoms with Gasteiger partial charge < -0.3 is 10.2 Å². The SMILES string of the molecule is CC(C)N(C)c1cc2c(cn1)CNC2=O. The van der Waals surface area contributed by atoms with Crippen LogP contribution in [0.1, 0.15) is 29.8 Å². The average Bonchev–Trinajstić information content (AvgIpc) is 2.59. The summed E-state index contributed by atoms with van der Waals surface area (Å²) in [6.07, 6.45) is 1.78. The van der Waals surface area contributed by atoms with Gasteiger partial charge in [0.15, 0.2) is 0 Å². The largest absolute Gasteiger partial charge is 0.357 e. The standard InChI is InChI=1S/C11H15N3O/c1-7(2)14(3)10-4-9-8(5-12-10)6-13-11(9)15/h4-5,7H,6H2,1-3H3,(H,13,15). The Balaban J connectivity index is 2.37. The van der Waals surface area contributed by atoms with Crippen LogP contribution in [-0.4, -0.2) is 24.0 Å². The summed E-state index contributed by atoms with van der Waals surface area (Å²) in [4.78, 5) is 17.8. The molecule has 0 radical (unpaired) electrons. The van der Waals surface area contributed by atoms with Crippen molar-refractivity contribution in [3.63, 3.8) is 0 Å². The smallest absolute Gasteiger partial charge is 0.252 e. The van der Waals surface area contributed by atoms with E-state index in [1.807, 2.05) is 18.0 Å². The number of nitrogens with zero attached hydrogens (tertiary/aromatic N) is 2. The van der Waals surface area contributed by atoms with Crippen LogP contribution in [0.5, 0.6) is 0 Å². The number of fused-ring (bicyclic) bond motifs is 1. The number of nitrogens with one attached hydrogen (secondary N) is 1. The lowest BCUT2D eigenvalue weighted by Gasteiger charge is -2.22. The predicted molar refractivity (Wildman–Crippen MR) is 58.9 cm³/mol. The number of hydrogen-bond acceptors (Lipinski definition) is 3. The summed E-state index contributed by atoms with van der Waals surface area (Å²) in [7, 11) is 1.98. The van der Waals surface area contributed by atoms with Gasteiger partial charge in [0.1, 0.15) is 5.82 Å². The molecule has 0 saturated heterocycles. The van der Waals surface area contributed by atoms with E-state index in [1.165, 1.54) is 0 Å². The van der Waals surface area contributed by atoms with E-state index in [4.69, 9.17) is 0 Å². The van der Waals surface area contributed by atoms with Crippen molar-refractivity contribution in [2.24, 2.45) is 0 Å². The molecule has 1 aliphatic rings. The zero-order valence-corrected chi connectivity index (χ0v) is 9.24. The molecule has 0 bridgehead atoms. The van der Waals surface area contributed by atoms with Crippen LogP contribution in [0.3, 0.4) is 0 Å². The molecule has 15 heavy (non-hydrogen) atoms. The number of pyridine rings is 1. The summed E-state index contributed by atoms with van der Waals surface area (Å²) in [5.74, 6) is 0.853. The van der Waals surface area contributed by atoms with Crippen molar-refractivity contribution in [3.05, 3.63) is 23.4 Å². The first-order valence-corrected chi connectivity index (χ1v) is 5.09. The summed E-state index contributed by atoms with van der Waals surface area (Å²) < 4.78 is 0. The van der Waals surface area contributed by atoms with Gasteiger partial charge in [-0.2, -0.15) is 0 Å². The number of rotatable bonds is 2. The van der Waals surface area contributed by atoms with Crippen molar-refractivity contribution in [1.29, 1.82) is 0 Å². The Morgan fingerprint density at radius 2 is 2.27 bits per heavy atom. The number of amides is 1. The molecule has 0 spiro atoms. The molecular formula is C11H15N3O. The Hall–Kier alpha value is -1.58. The van der Waals surface area contributed by atoms with Crippen LogP contribution in [0, 0.1) is 0 Å². The van der Waals surface area contributed by atoms with Crippen molar-refractivity contribution in [2.75, 3.05) is 11.9 Å². The van der Waals surface area contributed by atoms with Crippen molar-refractivity contribution in [3.8, 4) is 0 Å². The van der Waals surface area contributed by atoms with E-state index >= 15 is 0 Å². The normalized spacial score (nSPS) is 14.0. The van der Waals surface area contributed by atoms with Gasteiger partial charge in [0, 0.05) is 37.0 Å². The van der Waals surface area contributed by atoms with Crippen LogP contribution in [0.2, 0.25) is 0 Å². The Kier molecular flexibility index (Phi) is 2.34. The second kappa shape index (κ2) is 3.53. The molecule has 2 heterocycles. The minimum atomic E-state index is 0.00538. The van der Waals surface area contributed by atoms with E-state index in [0.29, 0.717) is 12.6 Å². The number of anilines is 1. The van der Waals surface area contributed by atoms with Crippen molar-refractivity contribution in [2.45, 2.75) is 26.4 Å². The molecule has 80 valence electrons. The van der Waals surface area contributed by atoms with Gasteiger partial charge in [-0.3, -0.25) is 4.79 Å². The number of aromatic nitrogens is 1. The third kappa shape index (κ3) is 1.67. The number of hydrogen-bond donors (Lipinski definition) is 1. The molecule has 4 nitrogen and oxygen atoms in total. The van der Waals surface area contributed by atoms with Gasteiger partial charge in [-0.1, -0.05) is 0 Å². The van der Waals surface area contributed by atoms with E-state index in [0.717, 1.165) is 16.9 Å². The second-order valence-electron chi connectivity index (χ2n) is 4.09. The van der Waals surface area contributed by atoms with Crippen LogP contribution < -0.4 is 10.2 Å². The fourth-order valence-corrected chi connectivity index (χ4v) is 1.55. The third-order valence-corrected chi connectivity index (χ3v) is 2.79. The van der Waals surface area contributed by atoms with Crippen molar-refractivity contribution >= 4 is 11.7 Å². The summed E-state index contributed by atoms with van der Waals surface area (Å²) in [6.45, 7) is 4.79. The summed E-state index contributed by atoms with van der Waals surface area (Å²) >= 11 is 0. The maximum Gasteiger partial charge on any atom is 0.252 e. The summed E-state index contributed by atoms with van der Waals surface area (Å²) in [5, 5.41) is 2.78. The third-order valence-electron chi connectivity index (χ3n) is 2.79. The molecule has 0 fully saturated rings. The highest BCUT2D eigenvalue weighted by Crippen LogP contribution is 2.20. The minimum Gasteiger partial charge on any atom is -0.357 e. The summed E-state index contributed by atoms with van der Waals surface area (Å²) in [5.41, 5.74) is 1.74. The minimum absolute atomic E-state index is 0.00538. The summed E-state index contributed by atoms with van der Waals surface area (Å²) in [6, 6.07) is 2.23. The molecule has 0 saturated carbocycles. The van der Waals surface area contributed by atoms with E-state index in [-0.39, 0.29) is 5.91 Å². The first-order valence-electron chi connectivity index (χ1n) is 5.09. The highest BCUT2D eigenvalue weighted by molar-refractivity contribution is 5.98. The zero-order valence-electron chi connectivity index (χ0n) is 9.24. The molecule has 1 amide bonds. The highest BCUT2D eigenvalue weighted by atomic mass is 16.1. The quantitative estimate of drug-likeness (QED) is 0.788. The number of carbonyl (C=O) groups excluding carboxylic acids is 1. The second-order valence-corrected chi connectivity index (χ2v) is 4.09. The van der Waals surface area contributed by atoms with Gasteiger partial charge in [0.05, 0.1) is 0 Å². The fraction of sp³-hybridized carbons (Fsp3) is 0.455. The van der Waals surface area contributed by atoms with Gasteiger partial charge in [-0.05, 0) is 19.9 Å². The van der Waals surface area contributed by atoms with Crippen molar-refractivity contribution in [1.82, 2.24) is 10.3 Å². The van der Waals surface area contributed by atoms with Crippen LogP contribution in [0.25, 0.3) is 0 Å². The van der Waals surface area contributed by atoms with E-state index in [1.54, 1.807) is 6.20 Å². The molecule has 1 aromatic rings. The fourth-order valence-electron chi connectivity index (χ4n) is 1.55. The van der Waals surface area contributed by atoms with Gasteiger partial charge in [0.25, 0.3) is 5.91 Å². The Morgan fingerprint density at radius 1 is 1.53 bits per heavy atom. The van der Waals surface area contributed by atoms with Crippen LogP contribution >= 0.6 is 0 Å². The molecule has 1 N–H and O–H groups in total. The monoisotopic (exact) mass is 205 g/mol. The van der Waals surface area contributed by atoms with Gasteiger partial charge in [-0.15, -0.1) is 0 Å². The molecule has 4 heteroatoms. The highest BCUT2D eigenvalue weighted by Gasteiger charge is 2.20. The lowest BCUT2D eigenvalue weighted by molar-refractivity contribution is 0.0965. The molecule has 2 rings (SSSR count). The van der Waals surface area contributed by atoms with Crippen LogP contribution in [0.15, 0.2) is 12.3 Å². The van der Waals surface area contributed by atoms with Crippen LogP contribution in [-0.2, 0) is 6.54 Å². The van der Waals surface area contributed by atoms with E-state index in [2.05, 4.69) is 24.1 Å². The molecule has 1 aliphatic heterocycles. The molecule has 0 atom stereocenters. The Labute approximate surface area is 89.3 Å². The lowest BCUT2D eigenvalue weighted by Crippen LogP contribution is -2.26. The van der Waals surface area contributed by atoms with Gasteiger partial charge in [0.2, 0.25) is 0 Å². The first kappa shape index (κ1) is 9.96.